The van der Waals surface area contributed by atoms with Crippen LogP contribution in [0.3, 0.4) is 0 Å². The summed E-state index contributed by atoms with van der Waals surface area (Å²) in [5, 5.41) is 11.0. The Morgan fingerprint density at radius 1 is 1.24 bits per heavy atom. The first-order chi connectivity index (χ1) is 15.8. The van der Waals surface area contributed by atoms with Crippen molar-refractivity contribution in [3.8, 4) is 0 Å². The lowest BCUT2D eigenvalue weighted by atomic mass is 9.91. The first-order valence-corrected chi connectivity index (χ1v) is 11.2. The fraction of sp³-hybridized carbons (Fsp3) is 0.440. The second-order valence-electron chi connectivity index (χ2n) is 8.09. The van der Waals surface area contributed by atoms with Gasteiger partial charge in [0.2, 0.25) is 0 Å². The van der Waals surface area contributed by atoms with Gasteiger partial charge in [0, 0.05) is 18.3 Å². The van der Waals surface area contributed by atoms with Crippen LogP contribution in [0.1, 0.15) is 61.6 Å². The van der Waals surface area contributed by atoms with Crippen molar-refractivity contribution in [2.24, 2.45) is 0 Å². The molecule has 0 aromatic heterocycles. The molecular formula is C25H29F3N2O3. The van der Waals surface area contributed by atoms with Crippen molar-refractivity contribution in [2.45, 2.75) is 57.7 Å². The topological polar surface area (TPSA) is 71.4 Å². The van der Waals surface area contributed by atoms with Crippen LogP contribution >= 0.6 is 0 Å². The van der Waals surface area contributed by atoms with E-state index in [1.807, 2.05) is 0 Å². The third-order valence-corrected chi connectivity index (χ3v) is 5.68. The molecule has 0 saturated heterocycles. The summed E-state index contributed by atoms with van der Waals surface area (Å²) in [6, 6.07) is 4.49. The number of benzene rings is 1. The summed E-state index contributed by atoms with van der Waals surface area (Å²) in [5.74, 6) is 0.104. The highest BCUT2D eigenvalue weighted by Gasteiger charge is 2.36. The molecule has 0 aliphatic heterocycles. The number of carbonyl (C=O) groups is 1. The number of halogens is 3. The first kappa shape index (κ1) is 24.6. The van der Waals surface area contributed by atoms with Crippen LogP contribution in [0.15, 0.2) is 54.0 Å². The van der Waals surface area contributed by atoms with Gasteiger partial charge in [-0.2, -0.15) is 13.2 Å². The zero-order valence-corrected chi connectivity index (χ0v) is 18.6. The lowest BCUT2D eigenvalue weighted by Gasteiger charge is -2.19. The number of esters is 1. The van der Waals surface area contributed by atoms with Gasteiger partial charge >= 0.3 is 12.1 Å². The lowest BCUT2D eigenvalue weighted by Crippen LogP contribution is -2.16. The van der Waals surface area contributed by atoms with Crippen molar-refractivity contribution in [2.75, 3.05) is 13.2 Å². The number of alkyl halides is 3. The maximum Gasteiger partial charge on any atom is 0.416 e. The van der Waals surface area contributed by atoms with Crippen molar-refractivity contribution >= 4 is 11.7 Å². The van der Waals surface area contributed by atoms with Crippen LogP contribution < -0.4 is 5.32 Å². The zero-order chi connectivity index (χ0) is 23.8. The Kier molecular flexibility index (Phi) is 8.36. The van der Waals surface area contributed by atoms with Crippen LogP contribution in [-0.4, -0.2) is 24.8 Å². The Morgan fingerprint density at radius 3 is 2.70 bits per heavy atom. The molecule has 2 N–H and O–H groups in total. The van der Waals surface area contributed by atoms with Crippen molar-refractivity contribution in [1.82, 2.24) is 5.32 Å². The van der Waals surface area contributed by atoms with Crippen LogP contribution in [0.5, 0.6) is 0 Å². The monoisotopic (exact) mass is 462 g/mol. The van der Waals surface area contributed by atoms with Gasteiger partial charge in [-0.3, -0.25) is 4.79 Å². The number of allylic oxidation sites excluding steroid dienone is 4. The van der Waals surface area contributed by atoms with Gasteiger partial charge in [-0.05, 0) is 61.1 Å². The molecule has 1 saturated carbocycles. The minimum atomic E-state index is -4.40. The average Bonchev–Trinajstić information content (AvgIpc) is 3.31. The summed E-state index contributed by atoms with van der Waals surface area (Å²) in [6.45, 7) is 2.41. The standard InChI is InChI=1S/C25H29F3N2O3/c1-2-32-24(31)11-12-30-15-19-14-20(8-10-23(19)29)33-16-17-7-9-21(18-5-3-4-6-18)22(13-17)25(26,27)28/h7-10,13-15,18,29-30H,2-6,11-12,16H2,1H3/b19-15-,29-23?. The number of hydrogen-bond acceptors (Lipinski definition) is 5. The minimum absolute atomic E-state index is 0.0128. The Bertz CT molecular complexity index is 958. The van der Waals surface area contributed by atoms with Crippen molar-refractivity contribution < 1.29 is 27.4 Å². The fourth-order valence-corrected chi connectivity index (χ4v) is 4.04. The number of hydrogen-bond donors (Lipinski definition) is 2. The van der Waals surface area contributed by atoms with Gasteiger partial charge in [0.05, 0.1) is 24.3 Å². The lowest BCUT2D eigenvalue weighted by molar-refractivity contribution is -0.143. The zero-order valence-electron chi connectivity index (χ0n) is 18.6. The second kappa shape index (κ2) is 11.2. The van der Waals surface area contributed by atoms with E-state index >= 15 is 0 Å². The van der Waals surface area contributed by atoms with E-state index in [2.05, 4.69) is 5.32 Å². The van der Waals surface area contributed by atoms with Crippen LogP contribution in [0, 0.1) is 5.41 Å². The highest BCUT2D eigenvalue weighted by molar-refractivity contribution is 6.09. The fourth-order valence-electron chi connectivity index (χ4n) is 4.04. The summed E-state index contributed by atoms with van der Waals surface area (Å²) in [5.41, 5.74) is 1.05. The van der Waals surface area contributed by atoms with E-state index in [4.69, 9.17) is 14.9 Å². The smallest absolute Gasteiger partial charge is 0.416 e. The highest BCUT2D eigenvalue weighted by Crippen LogP contribution is 2.42. The van der Waals surface area contributed by atoms with Gasteiger partial charge in [-0.25, -0.2) is 0 Å². The molecule has 2 aliphatic carbocycles. The van der Waals surface area contributed by atoms with E-state index < -0.39 is 11.7 Å². The van der Waals surface area contributed by atoms with Crippen molar-refractivity contribution in [3.63, 3.8) is 0 Å². The van der Waals surface area contributed by atoms with Crippen molar-refractivity contribution in [1.29, 1.82) is 5.41 Å². The molecule has 2 aliphatic rings. The molecule has 1 aromatic rings. The van der Waals surface area contributed by atoms with Crippen LogP contribution in [-0.2, 0) is 27.1 Å². The molecule has 0 heterocycles. The number of rotatable bonds is 9. The molecular weight excluding hydrogens is 433 g/mol. The predicted octanol–water partition coefficient (Wildman–Crippen LogP) is 5.78. The maximum absolute atomic E-state index is 13.7. The second-order valence-corrected chi connectivity index (χ2v) is 8.09. The molecule has 33 heavy (non-hydrogen) atoms. The van der Waals surface area contributed by atoms with E-state index in [9.17, 15) is 18.0 Å². The average molecular weight is 463 g/mol. The molecule has 5 nitrogen and oxygen atoms in total. The number of carbonyl (C=O) groups excluding carboxylic acids is 1. The van der Waals surface area contributed by atoms with Gasteiger partial charge in [0.1, 0.15) is 12.4 Å². The molecule has 8 heteroatoms. The van der Waals surface area contributed by atoms with E-state index in [0.29, 0.717) is 35.6 Å². The minimum Gasteiger partial charge on any atom is -0.489 e. The molecule has 1 aromatic carbocycles. The third-order valence-electron chi connectivity index (χ3n) is 5.68. The quantitative estimate of drug-likeness (QED) is 0.361. The predicted molar refractivity (Wildman–Crippen MR) is 120 cm³/mol. The van der Waals surface area contributed by atoms with Gasteiger partial charge in [0.25, 0.3) is 0 Å². The van der Waals surface area contributed by atoms with Gasteiger partial charge < -0.3 is 20.2 Å². The SMILES string of the molecule is CCOC(=O)CCN/C=C1/C=C(OCc2ccc(C3CCCC3)c(C(F)(F)F)c2)C=CC1=N. The Morgan fingerprint density at radius 2 is 2.00 bits per heavy atom. The summed E-state index contributed by atoms with van der Waals surface area (Å²) in [7, 11) is 0. The van der Waals surface area contributed by atoms with Crippen LogP contribution in [0.25, 0.3) is 0 Å². The van der Waals surface area contributed by atoms with Gasteiger partial charge in [-0.1, -0.05) is 25.0 Å². The Balaban J connectivity index is 1.64. The highest BCUT2D eigenvalue weighted by atomic mass is 19.4. The molecule has 0 bridgehead atoms. The molecule has 0 amide bonds. The molecule has 0 unspecified atom stereocenters. The summed E-state index contributed by atoms with van der Waals surface area (Å²) >= 11 is 0. The third kappa shape index (κ3) is 6.97. The van der Waals surface area contributed by atoms with E-state index in [1.165, 1.54) is 6.07 Å². The van der Waals surface area contributed by atoms with Gasteiger partial charge in [-0.15, -0.1) is 0 Å². The normalized spacial score (nSPS) is 17.9. The molecule has 178 valence electrons. The first-order valence-electron chi connectivity index (χ1n) is 11.2. The summed E-state index contributed by atoms with van der Waals surface area (Å²) in [6.07, 6.45) is 5.73. The maximum atomic E-state index is 13.7. The largest absolute Gasteiger partial charge is 0.489 e. The molecule has 0 atom stereocenters. The molecule has 1 fully saturated rings. The molecule has 0 radical (unpaired) electrons. The van der Waals surface area contributed by atoms with Crippen molar-refractivity contribution in [3.05, 3.63) is 70.6 Å². The Hall–Kier alpha value is -3.03. The Labute approximate surface area is 191 Å². The van der Waals surface area contributed by atoms with E-state index in [1.54, 1.807) is 43.5 Å². The number of ether oxygens (including phenoxy) is 2. The van der Waals surface area contributed by atoms with Crippen LogP contribution in [0.2, 0.25) is 0 Å². The summed E-state index contributed by atoms with van der Waals surface area (Å²) < 4.78 is 51.6. The summed E-state index contributed by atoms with van der Waals surface area (Å²) in [4.78, 5) is 11.4. The molecule has 3 rings (SSSR count). The van der Waals surface area contributed by atoms with Crippen LogP contribution in [0.4, 0.5) is 13.2 Å². The molecule has 0 spiro atoms. The number of nitrogens with one attached hydrogen (secondary N) is 2. The van der Waals surface area contributed by atoms with Gasteiger partial charge in [0.15, 0.2) is 0 Å². The van der Waals surface area contributed by atoms with E-state index in [0.717, 1.165) is 25.7 Å². The van der Waals surface area contributed by atoms with E-state index in [-0.39, 0.29) is 30.6 Å².